The number of ether oxygens (including phenoxy) is 7. The van der Waals surface area contributed by atoms with Crippen molar-refractivity contribution in [3.63, 3.8) is 0 Å². The highest BCUT2D eigenvalue weighted by Gasteiger charge is 2.22. The SMILES string of the molecule is CCCCCOC(=O)OC[C@H](C)OC(=O)[C@@H](N)Cc1ccc(OC(=O)OCC(C)C)c(OC(=O)OCC(C)C)c1. The molecule has 40 heavy (non-hydrogen) atoms. The number of rotatable bonds is 16. The molecule has 0 aromatic heterocycles. The average Bonchev–Trinajstić information content (AvgIpc) is 2.89. The first-order valence-electron chi connectivity index (χ1n) is 13.5. The lowest BCUT2D eigenvalue weighted by Gasteiger charge is -2.17. The zero-order chi connectivity index (χ0) is 30.1. The lowest BCUT2D eigenvalue weighted by molar-refractivity contribution is -0.152. The number of benzene rings is 1. The molecule has 0 aliphatic carbocycles. The van der Waals surface area contributed by atoms with Crippen molar-refractivity contribution in [1.29, 1.82) is 0 Å². The summed E-state index contributed by atoms with van der Waals surface area (Å²) in [4.78, 5) is 48.3. The molecule has 12 nitrogen and oxygen atoms in total. The summed E-state index contributed by atoms with van der Waals surface area (Å²) in [5.41, 5.74) is 6.51. The van der Waals surface area contributed by atoms with Crippen LogP contribution in [0.3, 0.4) is 0 Å². The third-order valence-electron chi connectivity index (χ3n) is 4.94. The molecular formula is C28H43NO11. The van der Waals surface area contributed by atoms with Crippen LogP contribution in [-0.2, 0) is 34.9 Å². The lowest BCUT2D eigenvalue weighted by atomic mass is 10.1. The van der Waals surface area contributed by atoms with E-state index in [0.717, 1.165) is 19.3 Å². The van der Waals surface area contributed by atoms with Crippen molar-refractivity contribution in [1.82, 2.24) is 0 Å². The van der Waals surface area contributed by atoms with Gasteiger partial charge in [-0.15, -0.1) is 0 Å². The first-order chi connectivity index (χ1) is 18.9. The van der Waals surface area contributed by atoms with Crippen LogP contribution < -0.4 is 15.2 Å². The van der Waals surface area contributed by atoms with Crippen molar-refractivity contribution in [3.8, 4) is 11.5 Å². The Labute approximate surface area is 235 Å². The van der Waals surface area contributed by atoms with Gasteiger partial charge in [-0.2, -0.15) is 0 Å². The minimum atomic E-state index is -1.09. The molecule has 12 heteroatoms. The third kappa shape index (κ3) is 15.2. The van der Waals surface area contributed by atoms with E-state index in [9.17, 15) is 19.2 Å². The van der Waals surface area contributed by atoms with Gasteiger partial charge in [0.15, 0.2) is 11.5 Å². The summed E-state index contributed by atoms with van der Waals surface area (Å²) in [7, 11) is 0. The largest absolute Gasteiger partial charge is 0.513 e. The molecule has 0 bridgehead atoms. The van der Waals surface area contributed by atoms with Crippen molar-refractivity contribution < 1.29 is 52.3 Å². The van der Waals surface area contributed by atoms with Crippen LogP contribution >= 0.6 is 0 Å². The summed E-state index contributed by atoms with van der Waals surface area (Å²) in [6.07, 6.45) is -0.878. The summed E-state index contributed by atoms with van der Waals surface area (Å²) >= 11 is 0. The van der Waals surface area contributed by atoms with Gasteiger partial charge in [0.2, 0.25) is 0 Å². The quantitative estimate of drug-likeness (QED) is 0.121. The molecule has 0 spiro atoms. The van der Waals surface area contributed by atoms with Gasteiger partial charge >= 0.3 is 24.4 Å². The first-order valence-corrected chi connectivity index (χ1v) is 13.5. The van der Waals surface area contributed by atoms with E-state index < -0.39 is 36.6 Å². The summed E-state index contributed by atoms with van der Waals surface area (Å²) in [6, 6.07) is 3.24. The second kappa shape index (κ2) is 18.7. The second-order valence-electron chi connectivity index (χ2n) is 10.1. The fourth-order valence-electron chi connectivity index (χ4n) is 2.94. The Balaban J connectivity index is 2.78. The van der Waals surface area contributed by atoms with Crippen LogP contribution in [0.25, 0.3) is 0 Å². The Morgan fingerprint density at radius 3 is 1.90 bits per heavy atom. The molecular weight excluding hydrogens is 526 g/mol. The number of carbonyl (C=O) groups excluding carboxylic acids is 4. The number of unbranched alkanes of at least 4 members (excludes halogenated alkanes) is 2. The molecule has 2 atom stereocenters. The van der Waals surface area contributed by atoms with Crippen molar-refractivity contribution in [2.75, 3.05) is 26.4 Å². The van der Waals surface area contributed by atoms with Crippen LogP contribution in [0.5, 0.6) is 11.5 Å². The molecule has 1 aromatic rings. The van der Waals surface area contributed by atoms with Gasteiger partial charge in [0.1, 0.15) is 18.8 Å². The molecule has 2 N–H and O–H groups in total. The summed E-state index contributed by atoms with van der Waals surface area (Å²) in [5, 5.41) is 0. The van der Waals surface area contributed by atoms with E-state index in [4.69, 9.17) is 38.9 Å². The predicted molar refractivity (Wildman–Crippen MR) is 144 cm³/mol. The van der Waals surface area contributed by atoms with Crippen LogP contribution in [0.4, 0.5) is 14.4 Å². The molecule has 0 unspecified atom stereocenters. The summed E-state index contributed by atoms with van der Waals surface area (Å²) < 4.78 is 35.7. The molecule has 0 saturated heterocycles. The molecule has 1 aromatic carbocycles. The fraction of sp³-hybridized carbons (Fsp3) is 0.643. The topological polar surface area (TPSA) is 159 Å². The van der Waals surface area contributed by atoms with Crippen molar-refractivity contribution >= 4 is 24.4 Å². The van der Waals surface area contributed by atoms with Gasteiger partial charge in [0, 0.05) is 0 Å². The Morgan fingerprint density at radius 1 is 0.750 bits per heavy atom. The molecule has 0 fully saturated rings. The van der Waals surface area contributed by atoms with Gasteiger partial charge in [-0.3, -0.25) is 4.79 Å². The molecule has 226 valence electrons. The van der Waals surface area contributed by atoms with Crippen LogP contribution in [0.2, 0.25) is 0 Å². The van der Waals surface area contributed by atoms with Gasteiger partial charge in [-0.1, -0.05) is 53.5 Å². The molecule has 0 amide bonds. The standard InChI is InChI=1S/C28H43NO11/c1-7-8-9-12-34-26(31)37-17-20(6)38-25(30)22(29)13-21-10-11-23(39-27(32)35-15-18(2)3)24(14-21)40-28(33)36-16-19(4)5/h10-11,14,18-20,22H,7-9,12-13,15-17,29H2,1-6H3/t20-,22-/m0/s1. The minimum absolute atomic E-state index is 0.00135. The maximum Gasteiger partial charge on any atom is 0.513 e. The summed E-state index contributed by atoms with van der Waals surface area (Å²) in [5.74, 6) is -0.760. The number of hydrogen-bond donors (Lipinski definition) is 1. The maximum atomic E-state index is 12.5. The van der Waals surface area contributed by atoms with E-state index in [1.54, 1.807) is 13.0 Å². The second-order valence-corrected chi connectivity index (χ2v) is 10.1. The lowest BCUT2D eigenvalue weighted by Crippen LogP contribution is -2.37. The molecule has 0 saturated carbocycles. The number of carbonyl (C=O) groups is 4. The number of nitrogens with two attached hydrogens (primary N) is 1. The Kier molecular flexibility index (Phi) is 16.1. The van der Waals surface area contributed by atoms with E-state index in [0.29, 0.717) is 5.56 Å². The number of esters is 1. The highest BCUT2D eigenvalue weighted by Crippen LogP contribution is 2.30. The normalized spacial score (nSPS) is 12.3. The molecule has 0 aliphatic heterocycles. The minimum Gasteiger partial charge on any atom is -0.458 e. The highest BCUT2D eigenvalue weighted by atomic mass is 16.7. The van der Waals surface area contributed by atoms with E-state index in [1.165, 1.54) is 12.1 Å². The van der Waals surface area contributed by atoms with Crippen molar-refractivity contribution in [3.05, 3.63) is 23.8 Å². The Morgan fingerprint density at radius 2 is 1.32 bits per heavy atom. The molecule has 0 aliphatic rings. The molecule has 1 rings (SSSR count). The molecule has 0 radical (unpaired) electrons. The summed E-state index contributed by atoms with van der Waals surface area (Å²) in [6.45, 7) is 11.4. The highest BCUT2D eigenvalue weighted by molar-refractivity contribution is 5.76. The van der Waals surface area contributed by atoms with Gasteiger partial charge in [-0.25, -0.2) is 14.4 Å². The smallest absolute Gasteiger partial charge is 0.458 e. The van der Waals surface area contributed by atoms with Gasteiger partial charge in [0.05, 0.1) is 19.8 Å². The zero-order valence-electron chi connectivity index (χ0n) is 24.3. The van der Waals surface area contributed by atoms with E-state index >= 15 is 0 Å². The van der Waals surface area contributed by atoms with E-state index in [1.807, 2.05) is 34.6 Å². The van der Waals surface area contributed by atoms with Gasteiger partial charge in [-0.05, 0) is 49.3 Å². The Hall–Kier alpha value is -3.54. The predicted octanol–water partition coefficient (Wildman–Crippen LogP) is 5.17. The van der Waals surface area contributed by atoms with Crippen LogP contribution in [0.15, 0.2) is 18.2 Å². The van der Waals surface area contributed by atoms with Crippen LogP contribution in [0, 0.1) is 11.8 Å². The van der Waals surface area contributed by atoms with Crippen LogP contribution in [-0.4, -0.2) is 63.0 Å². The first kappa shape index (κ1) is 34.5. The van der Waals surface area contributed by atoms with Crippen molar-refractivity contribution in [2.45, 2.75) is 79.4 Å². The average molecular weight is 570 g/mol. The van der Waals surface area contributed by atoms with Gasteiger partial charge in [0.25, 0.3) is 0 Å². The zero-order valence-corrected chi connectivity index (χ0v) is 24.3. The monoisotopic (exact) mass is 569 g/mol. The van der Waals surface area contributed by atoms with E-state index in [2.05, 4.69) is 0 Å². The fourth-order valence-corrected chi connectivity index (χ4v) is 2.94. The van der Waals surface area contributed by atoms with Gasteiger partial charge < -0.3 is 38.9 Å². The molecule has 0 heterocycles. The maximum absolute atomic E-state index is 12.5. The van der Waals surface area contributed by atoms with E-state index in [-0.39, 0.29) is 56.2 Å². The number of hydrogen-bond acceptors (Lipinski definition) is 12. The third-order valence-corrected chi connectivity index (χ3v) is 4.94. The Bertz CT molecular complexity index is 948. The van der Waals surface area contributed by atoms with Crippen molar-refractivity contribution in [2.24, 2.45) is 17.6 Å². The van der Waals surface area contributed by atoms with Crippen LogP contribution in [0.1, 0.15) is 66.4 Å².